The lowest BCUT2D eigenvalue weighted by molar-refractivity contribution is 0.261. The molecule has 0 fully saturated rings. The number of rotatable bonds is 4. The van der Waals surface area contributed by atoms with E-state index in [1.165, 1.54) is 6.07 Å². The first-order valence-electron chi connectivity index (χ1n) is 5.54. The van der Waals surface area contributed by atoms with E-state index in [-0.39, 0.29) is 18.3 Å². The smallest absolute Gasteiger partial charge is 0.126 e. The largest absolute Gasteiger partial charge is 0.396 e. The number of nitrogens with zero attached hydrogens (tertiary/aromatic N) is 2. The van der Waals surface area contributed by atoms with Crippen molar-refractivity contribution >= 4 is 0 Å². The lowest BCUT2D eigenvalue weighted by Crippen LogP contribution is -2.10. The highest BCUT2D eigenvalue weighted by Crippen LogP contribution is 2.22. The molecule has 1 heterocycles. The van der Waals surface area contributed by atoms with Crippen LogP contribution in [0.1, 0.15) is 17.2 Å². The monoisotopic (exact) mass is 234 g/mol. The van der Waals surface area contributed by atoms with E-state index in [9.17, 15) is 9.50 Å². The van der Waals surface area contributed by atoms with E-state index in [2.05, 4.69) is 5.10 Å². The fraction of sp³-hybridized carbons (Fsp3) is 0.308. The van der Waals surface area contributed by atoms with Crippen LogP contribution in [0.15, 0.2) is 36.5 Å². The van der Waals surface area contributed by atoms with Crippen LogP contribution in [0, 0.1) is 5.82 Å². The molecule has 0 aliphatic carbocycles. The number of hydrogen-bond donors (Lipinski definition) is 1. The Bertz CT molecular complexity index is 496. The van der Waals surface area contributed by atoms with Crippen molar-refractivity contribution in [2.45, 2.75) is 12.3 Å². The molecule has 1 aromatic heterocycles. The number of aryl methyl sites for hydroxylation is 1. The molecule has 2 rings (SSSR count). The van der Waals surface area contributed by atoms with Gasteiger partial charge in [0.05, 0.1) is 12.3 Å². The lowest BCUT2D eigenvalue weighted by atomic mass is 9.95. The Balaban J connectivity index is 2.20. The number of halogens is 1. The number of aliphatic hydroxyl groups is 1. The van der Waals surface area contributed by atoms with Gasteiger partial charge in [-0.3, -0.25) is 4.68 Å². The maximum absolute atomic E-state index is 13.6. The summed E-state index contributed by atoms with van der Waals surface area (Å²) in [5.41, 5.74) is 1.40. The standard InChI is InChI=1S/C13H15FN2O/c1-16-7-6-11(15-16)8-10(9-17)12-4-2-3-5-13(12)14/h2-7,10,17H,8-9H2,1H3. The topological polar surface area (TPSA) is 38.0 Å². The predicted octanol–water partition coefficient (Wildman–Crippen LogP) is 1.88. The molecular weight excluding hydrogens is 219 g/mol. The van der Waals surface area contributed by atoms with Crippen LogP contribution in [0.3, 0.4) is 0 Å². The summed E-state index contributed by atoms with van der Waals surface area (Å²) in [6.45, 7) is -0.0858. The average molecular weight is 234 g/mol. The summed E-state index contributed by atoms with van der Waals surface area (Å²) >= 11 is 0. The Morgan fingerprint density at radius 1 is 1.35 bits per heavy atom. The molecule has 2 aromatic rings. The summed E-state index contributed by atoms with van der Waals surface area (Å²) in [6.07, 6.45) is 2.38. The molecule has 0 spiro atoms. The zero-order chi connectivity index (χ0) is 12.3. The molecule has 1 unspecified atom stereocenters. The molecule has 0 amide bonds. The van der Waals surface area contributed by atoms with Crippen molar-refractivity contribution in [2.24, 2.45) is 7.05 Å². The number of aliphatic hydroxyl groups excluding tert-OH is 1. The van der Waals surface area contributed by atoms with E-state index in [0.717, 1.165) is 5.69 Å². The summed E-state index contributed by atoms with van der Waals surface area (Å²) in [4.78, 5) is 0. The van der Waals surface area contributed by atoms with Crippen molar-refractivity contribution in [1.82, 2.24) is 9.78 Å². The highest BCUT2D eigenvalue weighted by molar-refractivity contribution is 5.23. The summed E-state index contributed by atoms with van der Waals surface area (Å²) in [5.74, 6) is -0.520. The number of benzene rings is 1. The Hall–Kier alpha value is -1.68. The minimum absolute atomic E-state index is 0.0858. The maximum atomic E-state index is 13.6. The molecule has 1 atom stereocenters. The molecule has 3 nitrogen and oxygen atoms in total. The van der Waals surface area contributed by atoms with Gasteiger partial charge in [0.25, 0.3) is 0 Å². The highest BCUT2D eigenvalue weighted by atomic mass is 19.1. The van der Waals surface area contributed by atoms with Crippen molar-refractivity contribution in [2.75, 3.05) is 6.61 Å². The van der Waals surface area contributed by atoms with Gasteiger partial charge in [-0.1, -0.05) is 18.2 Å². The Kier molecular flexibility index (Phi) is 3.54. The van der Waals surface area contributed by atoms with Crippen LogP contribution in [0.25, 0.3) is 0 Å². The lowest BCUT2D eigenvalue weighted by Gasteiger charge is -2.13. The predicted molar refractivity (Wildman–Crippen MR) is 63.1 cm³/mol. The second-order valence-corrected chi connectivity index (χ2v) is 4.09. The van der Waals surface area contributed by atoms with Crippen LogP contribution in [0.5, 0.6) is 0 Å². The number of hydrogen-bond acceptors (Lipinski definition) is 2. The molecule has 1 aromatic carbocycles. The molecule has 0 aliphatic heterocycles. The molecular formula is C13H15FN2O. The molecule has 90 valence electrons. The van der Waals surface area contributed by atoms with E-state index in [1.807, 2.05) is 19.3 Å². The van der Waals surface area contributed by atoms with Gasteiger partial charge in [-0.2, -0.15) is 5.10 Å². The molecule has 4 heteroatoms. The van der Waals surface area contributed by atoms with Gasteiger partial charge < -0.3 is 5.11 Å². The second kappa shape index (κ2) is 5.10. The van der Waals surface area contributed by atoms with Gasteiger partial charge >= 0.3 is 0 Å². The van der Waals surface area contributed by atoms with Crippen molar-refractivity contribution in [3.63, 3.8) is 0 Å². The van der Waals surface area contributed by atoms with Crippen LogP contribution in [0.4, 0.5) is 4.39 Å². The Morgan fingerprint density at radius 3 is 2.71 bits per heavy atom. The molecule has 0 saturated carbocycles. The zero-order valence-electron chi connectivity index (χ0n) is 9.68. The fourth-order valence-electron chi connectivity index (χ4n) is 1.90. The first-order valence-corrected chi connectivity index (χ1v) is 5.54. The van der Waals surface area contributed by atoms with E-state index >= 15 is 0 Å². The SMILES string of the molecule is Cn1ccc(CC(CO)c2ccccc2F)n1. The molecule has 0 aliphatic rings. The molecule has 0 radical (unpaired) electrons. The van der Waals surface area contributed by atoms with Gasteiger partial charge in [-0.05, 0) is 17.7 Å². The second-order valence-electron chi connectivity index (χ2n) is 4.09. The van der Waals surface area contributed by atoms with E-state index in [4.69, 9.17) is 0 Å². The Labute approximate surface area is 99.5 Å². The summed E-state index contributed by atoms with van der Waals surface area (Å²) < 4.78 is 15.3. The third-order valence-corrected chi connectivity index (χ3v) is 2.79. The van der Waals surface area contributed by atoms with Gasteiger partial charge in [-0.15, -0.1) is 0 Å². The molecule has 17 heavy (non-hydrogen) atoms. The van der Waals surface area contributed by atoms with Gasteiger partial charge in [0.2, 0.25) is 0 Å². The normalized spacial score (nSPS) is 12.6. The average Bonchev–Trinajstić information content (AvgIpc) is 2.73. The van der Waals surface area contributed by atoms with Crippen LogP contribution >= 0.6 is 0 Å². The summed E-state index contributed by atoms with van der Waals surface area (Å²) in [7, 11) is 1.83. The van der Waals surface area contributed by atoms with Crippen LogP contribution in [-0.2, 0) is 13.5 Å². The quantitative estimate of drug-likeness (QED) is 0.877. The minimum Gasteiger partial charge on any atom is -0.396 e. The third kappa shape index (κ3) is 2.71. The number of aromatic nitrogens is 2. The van der Waals surface area contributed by atoms with Gasteiger partial charge in [-0.25, -0.2) is 4.39 Å². The van der Waals surface area contributed by atoms with Crippen molar-refractivity contribution < 1.29 is 9.50 Å². The van der Waals surface area contributed by atoms with Crippen LogP contribution < -0.4 is 0 Å². The van der Waals surface area contributed by atoms with Crippen molar-refractivity contribution in [3.8, 4) is 0 Å². The van der Waals surface area contributed by atoms with Gasteiger partial charge in [0, 0.05) is 25.6 Å². The molecule has 0 saturated heterocycles. The van der Waals surface area contributed by atoms with Crippen LogP contribution in [-0.4, -0.2) is 21.5 Å². The molecule has 1 N–H and O–H groups in total. The van der Waals surface area contributed by atoms with Gasteiger partial charge in [0.15, 0.2) is 0 Å². The maximum Gasteiger partial charge on any atom is 0.126 e. The fourth-order valence-corrected chi connectivity index (χ4v) is 1.90. The minimum atomic E-state index is -0.275. The van der Waals surface area contributed by atoms with Crippen LogP contribution in [0.2, 0.25) is 0 Å². The third-order valence-electron chi connectivity index (χ3n) is 2.79. The van der Waals surface area contributed by atoms with Gasteiger partial charge in [0.1, 0.15) is 5.82 Å². The van der Waals surface area contributed by atoms with Crippen molar-refractivity contribution in [3.05, 3.63) is 53.6 Å². The first kappa shape index (κ1) is 11.8. The summed E-state index contributed by atoms with van der Waals surface area (Å²) in [6, 6.07) is 8.42. The highest BCUT2D eigenvalue weighted by Gasteiger charge is 2.16. The summed E-state index contributed by atoms with van der Waals surface area (Å²) in [5, 5.41) is 13.6. The van der Waals surface area contributed by atoms with E-state index in [0.29, 0.717) is 12.0 Å². The molecule has 0 bridgehead atoms. The van der Waals surface area contributed by atoms with E-state index < -0.39 is 0 Å². The van der Waals surface area contributed by atoms with Crippen molar-refractivity contribution in [1.29, 1.82) is 0 Å². The zero-order valence-corrected chi connectivity index (χ0v) is 9.68. The first-order chi connectivity index (χ1) is 8.20. The Morgan fingerprint density at radius 2 is 2.12 bits per heavy atom. The van der Waals surface area contributed by atoms with E-state index in [1.54, 1.807) is 22.9 Å².